The Bertz CT molecular complexity index is 985. The van der Waals surface area contributed by atoms with Crippen LogP contribution >= 0.6 is 0 Å². The molecule has 0 aromatic heterocycles. The van der Waals surface area contributed by atoms with Crippen LogP contribution < -0.4 is 0 Å². The van der Waals surface area contributed by atoms with Crippen molar-refractivity contribution in [1.82, 2.24) is 0 Å². The molecule has 0 aliphatic carbocycles. The van der Waals surface area contributed by atoms with E-state index in [-0.39, 0.29) is 22.6 Å². The number of carbonyl (C=O) groups is 1. The van der Waals surface area contributed by atoms with Crippen LogP contribution in [0.1, 0.15) is 15.9 Å². The van der Waals surface area contributed by atoms with Gasteiger partial charge in [0.1, 0.15) is 5.82 Å². The molecule has 3 aromatic carbocycles. The number of aliphatic imine (C=N–C) groups is 1. The highest BCUT2D eigenvalue weighted by atomic mass is 19.1. The predicted octanol–water partition coefficient (Wildman–Crippen LogP) is 5.39. The Morgan fingerprint density at radius 3 is 2.12 bits per heavy atom. The number of carboxylic acids is 1. The van der Waals surface area contributed by atoms with E-state index in [9.17, 15) is 14.3 Å². The van der Waals surface area contributed by atoms with Crippen molar-refractivity contribution in [2.24, 2.45) is 15.2 Å². The van der Waals surface area contributed by atoms with E-state index in [1.807, 2.05) is 6.07 Å². The van der Waals surface area contributed by atoms with Crippen molar-refractivity contribution in [1.29, 1.82) is 0 Å². The van der Waals surface area contributed by atoms with Gasteiger partial charge in [-0.15, -0.1) is 10.2 Å². The van der Waals surface area contributed by atoms with Crippen LogP contribution in [0.25, 0.3) is 0 Å². The number of rotatable bonds is 4. The highest BCUT2D eigenvalue weighted by molar-refractivity contribution is 6.03. The quantitative estimate of drug-likeness (QED) is 0.390. The Hall–Kier alpha value is -3.67. The molecule has 0 heterocycles. The van der Waals surface area contributed by atoms with Crippen molar-refractivity contribution in [3.8, 4) is 0 Å². The zero-order chi connectivity index (χ0) is 18.4. The number of nitrogens with zero attached hydrogens (tertiary/aromatic N) is 3. The molecule has 0 radical (unpaired) electrons. The number of azo groups is 1. The number of hydrogen-bond acceptors (Lipinski definition) is 3. The number of aromatic carboxylic acids is 1. The summed E-state index contributed by atoms with van der Waals surface area (Å²) in [5, 5.41) is 17.5. The third-order valence-corrected chi connectivity index (χ3v) is 3.49. The standard InChI is InChI=1S/C20H14FN3O2/c21-17-12-6-4-10-15(17)19(24-23-14-8-2-1-3-9-14)22-18-13-7-5-11-16(18)20(25)26/h1-13H,(H,25,26). The first kappa shape index (κ1) is 17.2. The van der Waals surface area contributed by atoms with Gasteiger partial charge in [-0.3, -0.25) is 0 Å². The highest BCUT2D eigenvalue weighted by Gasteiger charge is 2.13. The second-order valence-corrected chi connectivity index (χ2v) is 5.27. The molecule has 0 amide bonds. The van der Waals surface area contributed by atoms with Gasteiger partial charge in [0.2, 0.25) is 0 Å². The second-order valence-electron chi connectivity index (χ2n) is 5.27. The van der Waals surface area contributed by atoms with Crippen molar-refractivity contribution in [2.45, 2.75) is 0 Å². The number of benzene rings is 3. The van der Waals surface area contributed by atoms with Gasteiger partial charge in [-0.25, -0.2) is 14.2 Å². The maximum Gasteiger partial charge on any atom is 0.337 e. The van der Waals surface area contributed by atoms with E-state index in [1.54, 1.807) is 48.5 Å². The Labute approximate surface area is 149 Å². The zero-order valence-electron chi connectivity index (χ0n) is 13.6. The molecule has 0 bridgehead atoms. The fourth-order valence-corrected chi connectivity index (χ4v) is 2.24. The van der Waals surface area contributed by atoms with Gasteiger partial charge < -0.3 is 5.11 Å². The molecule has 26 heavy (non-hydrogen) atoms. The van der Waals surface area contributed by atoms with Crippen molar-refractivity contribution >= 4 is 23.2 Å². The van der Waals surface area contributed by atoms with Crippen LogP contribution in [0, 0.1) is 5.82 Å². The molecule has 3 aromatic rings. The van der Waals surface area contributed by atoms with E-state index in [0.717, 1.165) is 0 Å². The van der Waals surface area contributed by atoms with Crippen molar-refractivity contribution in [2.75, 3.05) is 0 Å². The molecule has 3 rings (SSSR count). The number of halogens is 1. The number of hydrogen-bond donors (Lipinski definition) is 1. The lowest BCUT2D eigenvalue weighted by Gasteiger charge is -2.05. The molecule has 0 saturated heterocycles. The molecule has 6 heteroatoms. The van der Waals surface area contributed by atoms with Crippen molar-refractivity contribution in [3.05, 3.63) is 95.8 Å². The maximum atomic E-state index is 14.2. The van der Waals surface area contributed by atoms with E-state index in [1.165, 1.54) is 24.3 Å². The van der Waals surface area contributed by atoms with E-state index < -0.39 is 11.8 Å². The lowest BCUT2D eigenvalue weighted by molar-refractivity contribution is 0.0698. The first-order valence-electron chi connectivity index (χ1n) is 7.78. The van der Waals surface area contributed by atoms with E-state index in [4.69, 9.17) is 0 Å². The summed E-state index contributed by atoms with van der Waals surface area (Å²) in [5.74, 6) is -1.66. The third-order valence-electron chi connectivity index (χ3n) is 3.49. The summed E-state index contributed by atoms with van der Waals surface area (Å²) >= 11 is 0. The van der Waals surface area contributed by atoms with Gasteiger partial charge >= 0.3 is 5.97 Å². The third kappa shape index (κ3) is 4.05. The summed E-state index contributed by atoms with van der Waals surface area (Å²) < 4.78 is 14.2. The molecule has 128 valence electrons. The van der Waals surface area contributed by atoms with E-state index in [0.29, 0.717) is 5.69 Å². The van der Waals surface area contributed by atoms with Crippen LogP contribution in [0.15, 0.2) is 94.1 Å². The highest BCUT2D eigenvalue weighted by Crippen LogP contribution is 2.22. The topological polar surface area (TPSA) is 74.4 Å². The Morgan fingerprint density at radius 2 is 1.42 bits per heavy atom. The van der Waals surface area contributed by atoms with Crippen LogP contribution in [0.5, 0.6) is 0 Å². The lowest BCUT2D eigenvalue weighted by atomic mass is 10.1. The minimum atomic E-state index is -1.13. The van der Waals surface area contributed by atoms with Gasteiger partial charge in [0, 0.05) is 0 Å². The van der Waals surface area contributed by atoms with Crippen LogP contribution in [-0.2, 0) is 0 Å². The fourth-order valence-electron chi connectivity index (χ4n) is 2.24. The average molecular weight is 347 g/mol. The zero-order valence-corrected chi connectivity index (χ0v) is 13.6. The lowest BCUT2D eigenvalue weighted by Crippen LogP contribution is -2.02. The molecule has 0 aliphatic heterocycles. The maximum absolute atomic E-state index is 14.2. The molecular formula is C20H14FN3O2. The van der Waals surface area contributed by atoms with Gasteiger partial charge in [0.15, 0.2) is 5.84 Å². The molecule has 1 N–H and O–H groups in total. The Morgan fingerprint density at radius 1 is 0.808 bits per heavy atom. The minimum Gasteiger partial charge on any atom is -0.478 e. The summed E-state index contributed by atoms with van der Waals surface area (Å²) in [5.41, 5.74) is 0.872. The molecule has 0 spiro atoms. The van der Waals surface area contributed by atoms with Gasteiger partial charge in [-0.2, -0.15) is 0 Å². The first-order valence-corrected chi connectivity index (χ1v) is 7.78. The summed E-state index contributed by atoms with van der Waals surface area (Å²) in [6, 6.07) is 21.1. The van der Waals surface area contributed by atoms with Gasteiger partial charge in [-0.1, -0.05) is 42.5 Å². The predicted molar refractivity (Wildman–Crippen MR) is 97.0 cm³/mol. The first-order chi connectivity index (χ1) is 12.6. The number of carboxylic acid groups (broad SMARTS) is 1. The average Bonchev–Trinajstić information content (AvgIpc) is 2.67. The molecular weight excluding hydrogens is 333 g/mol. The van der Waals surface area contributed by atoms with Crippen LogP contribution in [-0.4, -0.2) is 16.9 Å². The molecule has 0 atom stereocenters. The molecule has 0 saturated carbocycles. The molecule has 0 aliphatic rings. The Kier molecular flexibility index (Phi) is 5.24. The fraction of sp³-hybridized carbons (Fsp3) is 0. The minimum absolute atomic E-state index is 0.00347. The van der Waals surface area contributed by atoms with E-state index >= 15 is 0 Å². The SMILES string of the molecule is O=C(O)c1ccccc1N=C(N=Nc1ccccc1)c1ccccc1F. The number of amidine groups is 1. The van der Waals surface area contributed by atoms with Crippen molar-refractivity contribution in [3.63, 3.8) is 0 Å². The molecule has 0 fully saturated rings. The summed E-state index contributed by atoms with van der Waals surface area (Å²) in [6.07, 6.45) is 0. The summed E-state index contributed by atoms with van der Waals surface area (Å²) in [7, 11) is 0. The van der Waals surface area contributed by atoms with Gasteiger partial charge in [-0.05, 0) is 36.4 Å². The van der Waals surface area contributed by atoms with Crippen LogP contribution in [0.4, 0.5) is 15.8 Å². The number of para-hydroxylation sites is 1. The normalized spacial score (nSPS) is 11.7. The van der Waals surface area contributed by atoms with Crippen molar-refractivity contribution < 1.29 is 14.3 Å². The molecule has 5 nitrogen and oxygen atoms in total. The van der Waals surface area contributed by atoms with Crippen LogP contribution in [0.3, 0.4) is 0 Å². The summed E-state index contributed by atoms with van der Waals surface area (Å²) in [4.78, 5) is 15.7. The monoisotopic (exact) mass is 347 g/mol. The van der Waals surface area contributed by atoms with Crippen LogP contribution in [0.2, 0.25) is 0 Å². The smallest absolute Gasteiger partial charge is 0.337 e. The second kappa shape index (κ2) is 7.94. The largest absolute Gasteiger partial charge is 0.478 e. The van der Waals surface area contributed by atoms with Gasteiger partial charge in [0.05, 0.1) is 22.5 Å². The Balaban J connectivity index is 2.11. The summed E-state index contributed by atoms with van der Waals surface area (Å²) in [6.45, 7) is 0. The van der Waals surface area contributed by atoms with E-state index in [2.05, 4.69) is 15.2 Å². The molecule has 0 unspecified atom stereocenters. The van der Waals surface area contributed by atoms with Gasteiger partial charge in [0.25, 0.3) is 0 Å².